The van der Waals surface area contributed by atoms with Gasteiger partial charge in [-0.25, -0.2) is 4.98 Å². The molecule has 1 aromatic heterocycles. The molecule has 0 saturated heterocycles. The third kappa shape index (κ3) is 3.14. The zero-order valence-corrected chi connectivity index (χ0v) is 12.0. The first kappa shape index (κ1) is 13.4. The minimum Gasteiger partial charge on any atom is -0.488 e. The molecular formula is C18H18N2O. The van der Waals surface area contributed by atoms with Gasteiger partial charge in [-0.2, -0.15) is 0 Å². The summed E-state index contributed by atoms with van der Waals surface area (Å²) in [5, 5.41) is 1.04. The van der Waals surface area contributed by atoms with Crippen molar-refractivity contribution in [3.8, 4) is 5.75 Å². The lowest BCUT2D eigenvalue weighted by Gasteiger charge is -2.16. The lowest BCUT2D eigenvalue weighted by Crippen LogP contribution is -2.15. The van der Waals surface area contributed by atoms with E-state index in [2.05, 4.69) is 24.0 Å². The molecule has 3 nitrogen and oxygen atoms in total. The van der Waals surface area contributed by atoms with E-state index in [9.17, 15) is 0 Å². The standard InChI is InChI=1S/C18H18N2O/c1-13(12-14-6-3-2-4-7-14)21-16-9-5-8-15-10-11-17(19)20-18(15)16/h2-11,13H,12H2,1H3,(H2,19,20). The number of nitrogens with two attached hydrogens (primary N) is 1. The molecule has 0 fully saturated rings. The molecule has 3 aromatic rings. The van der Waals surface area contributed by atoms with Crippen molar-refractivity contribution in [2.45, 2.75) is 19.4 Å². The van der Waals surface area contributed by atoms with Crippen LogP contribution in [0.1, 0.15) is 12.5 Å². The van der Waals surface area contributed by atoms with Crippen molar-refractivity contribution in [1.29, 1.82) is 0 Å². The maximum absolute atomic E-state index is 6.07. The van der Waals surface area contributed by atoms with Gasteiger partial charge in [0.15, 0.2) is 0 Å². The van der Waals surface area contributed by atoms with Crippen LogP contribution in [0.3, 0.4) is 0 Å². The number of para-hydroxylation sites is 1. The van der Waals surface area contributed by atoms with E-state index in [1.807, 2.05) is 42.5 Å². The molecule has 21 heavy (non-hydrogen) atoms. The van der Waals surface area contributed by atoms with Crippen LogP contribution < -0.4 is 10.5 Å². The van der Waals surface area contributed by atoms with Gasteiger partial charge in [0, 0.05) is 11.8 Å². The molecule has 0 amide bonds. The second-order valence-corrected chi connectivity index (χ2v) is 5.18. The molecule has 2 aromatic carbocycles. The van der Waals surface area contributed by atoms with Gasteiger partial charge in [-0.3, -0.25) is 0 Å². The van der Waals surface area contributed by atoms with Gasteiger partial charge in [0.25, 0.3) is 0 Å². The van der Waals surface area contributed by atoms with Crippen molar-refractivity contribution in [3.63, 3.8) is 0 Å². The molecule has 1 atom stereocenters. The highest BCUT2D eigenvalue weighted by atomic mass is 16.5. The molecule has 0 aliphatic heterocycles. The van der Waals surface area contributed by atoms with Gasteiger partial charge >= 0.3 is 0 Å². The zero-order valence-electron chi connectivity index (χ0n) is 12.0. The number of nitrogen functional groups attached to an aromatic ring is 1. The Bertz CT molecular complexity index is 741. The largest absolute Gasteiger partial charge is 0.488 e. The van der Waals surface area contributed by atoms with E-state index < -0.39 is 0 Å². The van der Waals surface area contributed by atoms with Gasteiger partial charge in [0.05, 0.1) is 0 Å². The Morgan fingerprint density at radius 1 is 1.00 bits per heavy atom. The number of pyridine rings is 1. The molecule has 0 aliphatic rings. The smallest absolute Gasteiger partial charge is 0.146 e. The molecule has 1 unspecified atom stereocenters. The second kappa shape index (κ2) is 5.83. The minimum atomic E-state index is 0.0706. The summed E-state index contributed by atoms with van der Waals surface area (Å²) in [5.41, 5.74) is 7.86. The predicted octanol–water partition coefficient (Wildman–Crippen LogP) is 3.83. The number of nitrogens with zero attached hydrogens (tertiary/aromatic N) is 1. The highest BCUT2D eigenvalue weighted by Crippen LogP contribution is 2.26. The predicted molar refractivity (Wildman–Crippen MR) is 86.4 cm³/mol. The van der Waals surface area contributed by atoms with E-state index in [-0.39, 0.29) is 6.10 Å². The van der Waals surface area contributed by atoms with Crippen LogP contribution in [0.5, 0.6) is 5.75 Å². The van der Waals surface area contributed by atoms with Gasteiger partial charge in [-0.15, -0.1) is 0 Å². The van der Waals surface area contributed by atoms with Gasteiger partial charge in [0.2, 0.25) is 0 Å². The Hall–Kier alpha value is -2.55. The summed E-state index contributed by atoms with van der Waals surface area (Å²) < 4.78 is 6.07. The van der Waals surface area contributed by atoms with E-state index in [1.165, 1.54) is 5.56 Å². The van der Waals surface area contributed by atoms with Crippen molar-refractivity contribution in [1.82, 2.24) is 4.98 Å². The minimum absolute atomic E-state index is 0.0706. The van der Waals surface area contributed by atoms with E-state index in [4.69, 9.17) is 10.5 Å². The van der Waals surface area contributed by atoms with Crippen molar-refractivity contribution in [2.75, 3.05) is 5.73 Å². The second-order valence-electron chi connectivity index (χ2n) is 5.18. The monoisotopic (exact) mass is 278 g/mol. The molecule has 3 heteroatoms. The number of anilines is 1. The first-order valence-corrected chi connectivity index (χ1v) is 7.08. The summed E-state index contributed by atoms with van der Waals surface area (Å²) in [4.78, 5) is 4.39. The summed E-state index contributed by atoms with van der Waals surface area (Å²) in [6.07, 6.45) is 0.931. The Morgan fingerprint density at radius 2 is 1.81 bits per heavy atom. The SMILES string of the molecule is CC(Cc1ccccc1)Oc1cccc2ccc(N)nc12. The average Bonchev–Trinajstić information content (AvgIpc) is 2.49. The first-order valence-electron chi connectivity index (χ1n) is 7.08. The summed E-state index contributed by atoms with van der Waals surface area (Å²) in [7, 11) is 0. The fourth-order valence-corrected chi connectivity index (χ4v) is 2.43. The van der Waals surface area contributed by atoms with Crippen LogP contribution in [-0.4, -0.2) is 11.1 Å². The summed E-state index contributed by atoms with van der Waals surface area (Å²) in [5.74, 6) is 1.29. The molecule has 1 heterocycles. The Labute approximate surface area is 124 Å². The molecule has 0 bridgehead atoms. The lowest BCUT2D eigenvalue weighted by atomic mass is 10.1. The fourth-order valence-electron chi connectivity index (χ4n) is 2.43. The van der Waals surface area contributed by atoms with Gasteiger partial charge in [0.1, 0.15) is 23.2 Å². The van der Waals surface area contributed by atoms with Gasteiger partial charge < -0.3 is 10.5 Å². The normalized spacial score (nSPS) is 12.2. The third-order valence-electron chi connectivity index (χ3n) is 3.40. The summed E-state index contributed by atoms with van der Waals surface area (Å²) in [6, 6.07) is 20.0. The fraction of sp³-hybridized carbons (Fsp3) is 0.167. The van der Waals surface area contributed by atoms with Crippen LogP contribution >= 0.6 is 0 Å². The van der Waals surface area contributed by atoms with Crippen molar-refractivity contribution in [3.05, 3.63) is 66.2 Å². The molecule has 2 N–H and O–H groups in total. The van der Waals surface area contributed by atoms with E-state index in [0.29, 0.717) is 5.82 Å². The lowest BCUT2D eigenvalue weighted by molar-refractivity contribution is 0.224. The van der Waals surface area contributed by atoms with Crippen molar-refractivity contribution < 1.29 is 4.74 Å². The molecule has 0 radical (unpaired) electrons. The van der Waals surface area contributed by atoms with Crippen LogP contribution in [0.15, 0.2) is 60.7 Å². The van der Waals surface area contributed by atoms with E-state index in [1.54, 1.807) is 6.07 Å². The Balaban J connectivity index is 1.83. The van der Waals surface area contributed by atoms with Crippen LogP contribution in [-0.2, 0) is 6.42 Å². The number of benzene rings is 2. The molecular weight excluding hydrogens is 260 g/mol. The summed E-state index contributed by atoms with van der Waals surface area (Å²) in [6.45, 7) is 2.07. The van der Waals surface area contributed by atoms with Crippen LogP contribution in [0.25, 0.3) is 10.9 Å². The van der Waals surface area contributed by atoms with Crippen LogP contribution in [0.2, 0.25) is 0 Å². The molecule has 0 saturated carbocycles. The maximum Gasteiger partial charge on any atom is 0.146 e. The van der Waals surface area contributed by atoms with E-state index >= 15 is 0 Å². The van der Waals surface area contributed by atoms with Crippen molar-refractivity contribution >= 4 is 16.7 Å². The number of rotatable bonds is 4. The zero-order chi connectivity index (χ0) is 14.7. The van der Waals surface area contributed by atoms with Gasteiger partial charge in [-0.1, -0.05) is 42.5 Å². The number of ether oxygens (including phenoxy) is 1. The highest BCUT2D eigenvalue weighted by Gasteiger charge is 2.09. The van der Waals surface area contributed by atoms with Crippen molar-refractivity contribution in [2.24, 2.45) is 0 Å². The van der Waals surface area contributed by atoms with Crippen LogP contribution in [0, 0.1) is 0 Å². The topological polar surface area (TPSA) is 48.1 Å². The number of aromatic nitrogens is 1. The molecule has 0 spiro atoms. The number of hydrogen-bond acceptors (Lipinski definition) is 3. The average molecular weight is 278 g/mol. The first-order chi connectivity index (χ1) is 10.2. The van der Waals surface area contributed by atoms with E-state index in [0.717, 1.165) is 23.1 Å². The quantitative estimate of drug-likeness (QED) is 0.789. The Morgan fingerprint density at radius 3 is 2.62 bits per heavy atom. The van der Waals surface area contributed by atoms with Crippen LogP contribution in [0.4, 0.5) is 5.82 Å². The maximum atomic E-state index is 6.07. The Kier molecular flexibility index (Phi) is 3.73. The molecule has 3 rings (SSSR count). The number of fused-ring (bicyclic) bond motifs is 1. The highest BCUT2D eigenvalue weighted by molar-refractivity contribution is 5.85. The number of hydrogen-bond donors (Lipinski definition) is 1. The molecule has 0 aliphatic carbocycles. The van der Waals surface area contributed by atoms with Gasteiger partial charge in [-0.05, 0) is 30.7 Å². The molecule has 106 valence electrons. The summed E-state index contributed by atoms with van der Waals surface area (Å²) >= 11 is 0. The third-order valence-corrected chi connectivity index (χ3v) is 3.40.